The van der Waals surface area contributed by atoms with E-state index in [9.17, 15) is 0 Å². The van der Waals surface area contributed by atoms with Gasteiger partial charge < -0.3 is 4.74 Å². The van der Waals surface area contributed by atoms with Crippen molar-refractivity contribution in [3.8, 4) is 0 Å². The number of rotatable bonds is 4. The predicted molar refractivity (Wildman–Crippen MR) is 50.4 cm³/mol. The largest absolute Gasteiger partial charge is 0.357 e. The monoisotopic (exact) mass is 186 g/mol. The summed E-state index contributed by atoms with van der Waals surface area (Å²) in [6.07, 6.45) is 5.18. The summed E-state index contributed by atoms with van der Waals surface area (Å²) >= 11 is 0. The van der Waals surface area contributed by atoms with Crippen LogP contribution in [0, 0.1) is 0 Å². The van der Waals surface area contributed by atoms with E-state index in [1.165, 1.54) is 6.42 Å². The molecule has 0 bridgehead atoms. The molecule has 1 unspecified atom stereocenters. The van der Waals surface area contributed by atoms with E-state index in [2.05, 4.69) is 6.58 Å². The lowest BCUT2D eigenvalue weighted by molar-refractivity contribution is -0.284. The molecule has 0 N–H and O–H groups in total. The summed E-state index contributed by atoms with van der Waals surface area (Å²) in [5.74, 6) is 0. The van der Waals surface area contributed by atoms with Crippen LogP contribution in [0.3, 0.4) is 0 Å². The number of hydrazine groups is 1. The average molecular weight is 186 g/mol. The molecule has 0 aliphatic carbocycles. The highest BCUT2D eigenvalue weighted by Gasteiger charge is 2.21. The zero-order chi connectivity index (χ0) is 9.68. The minimum atomic E-state index is 0.0798. The lowest BCUT2D eigenvalue weighted by Crippen LogP contribution is -2.45. The number of hydroxylamine groups is 1. The Hall–Kier alpha value is -0.580. The van der Waals surface area contributed by atoms with E-state index in [4.69, 9.17) is 9.57 Å². The molecule has 76 valence electrons. The van der Waals surface area contributed by atoms with E-state index >= 15 is 0 Å². The molecule has 1 heterocycles. The lowest BCUT2D eigenvalue weighted by Gasteiger charge is -2.37. The van der Waals surface area contributed by atoms with Gasteiger partial charge in [-0.3, -0.25) is 9.85 Å². The first-order valence-corrected chi connectivity index (χ1v) is 4.60. The van der Waals surface area contributed by atoms with Crippen LogP contribution in [0.1, 0.15) is 19.3 Å². The Balaban J connectivity index is 2.48. The molecule has 1 saturated heterocycles. The third-order valence-electron chi connectivity index (χ3n) is 2.23. The Morgan fingerprint density at radius 3 is 2.77 bits per heavy atom. The molecule has 13 heavy (non-hydrogen) atoms. The Kier molecular flexibility index (Phi) is 4.21. The van der Waals surface area contributed by atoms with Gasteiger partial charge >= 0.3 is 0 Å². The van der Waals surface area contributed by atoms with Crippen molar-refractivity contribution >= 4 is 0 Å². The Labute approximate surface area is 79.6 Å². The van der Waals surface area contributed by atoms with Gasteiger partial charge in [-0.05, 0) is 19.3 Å². The molecule has 0 aromatic rings. The van der Waals surface area contributed by atoms with E-state index in [1.54, 1.807) is 18.5 Å². The maximum absolute atomic E-state index is 5.59. The summed E-state index contributed by atoms with van der Waals surface area (Å²) < 4.78 is 5.59. The van der Waals surface area contributed by atoms with Gasteiger partial charge in [-0.1, -0.05) is 6.58 Å². The van der Waals surface area contributed by atoms with Crippen LogP contribution in [0.2, 0.25) is 0 Å². The smallest absolute Gasteiger partial charge is 0.145 e. The number of ether oxygens (including phenoxy) is 1. The summed E-state index contributed by atoms with van der Waals surface area (Å²) in [6.45, 7) is 4.56. The molecule has 4 nitrogen and oxygen atoms in total. The van der Waals surface area contributed by atoms with Crippen LogP contribution in [0.25, 0.3) is 0 Å². The molecule has 1 aliphatic heterocycles. The van der Waals surface area contributed by atoms with Crippen molar-refractivity contribution in [2.75, 3.05) is 20.8 Å². The van der Waals surface area contributed by atoms with Crippen molar-refractivity contribution in [2.24, 2.45) is 0 Å². The van der Waals surface area contributed by atoms with Gasteiger partial charge in [-0.2, -0.15) is 0 Å². The first kappa shape index (κ1) is 10.5. The molecule has 1 rings (SSSR count). The van der Waals surface area contributed by atoms with Crippen LogP contribution in [0.5, 0.6) is 0 Å². The first-order chi connectivity index (χ1) is 6.29. The molecule has 0 aromatic heterocycles. The van der Waals surface area contributed by atoms with E-state index in [1.807, 2.05) is 12.1 Å². The SMILES string of the molecule is C=CN(C1CCCCO1)N(C)OC. The van der Waals surface area contributed by atoms with Crippen LogP contribution in [0.4, 0.5) is 0 Å². The van der Waals surface area contributed by atoms with Crippen molar-refractivity contribution in [3.63, 3.8) is 0 Å². The molecule has 0 radical (unpaired) electrons. The van der Waals surface area contributed by atoms with Crippen LogP contribution in [0.15, 0.2) is 12.8 Å². The summed E-state index contributed by atoms with van der Waals surface area (Å²) in [5, 5.41) is 3.49. The van der Waals surface area contributed by atoms with Crippen molar-refractivity contribution in [1.29, 1.82) is 0 Å². The van der Waals surface area contributed by atoms with E-state index in [0.717, 1.165) is 19.4 Å². The number of nitrogens with zero attached hydrogens (tertiary/aromatic N) is 2. The summed E-state index contributed by atoms with van der Waals surface area (Å²) in [4.78, 5) is 5.06. The fourth-order valence-corrected chi connectivity index (χ4v) is 1.44. The number of hydrogen-bond donors (Lipinski definition) is 0. The second-order valence-electron chi connectivity index (χ2n) is 3.03. The topological polar surface area (TPSA) is 24.9 Å². The molecular formula is C9H18N2O2. The van der Waals surface area contributed by atoms with Gasteiger partial charge in [0.2, 0.25) is 0 Å². The molecule has 0 aromatic carbocycles. The van der Waals surface area contributed by atoms with Crippen molar-refractivity contribution in [2.45, 2.75) is 25.5 Å². The molecule has 0 amide bonds. The molecule has 1 aliphatic rings. The van der Waals surface area contributed by atoms with Crippen molar-refractivity contribution in [1.82, 2.24) is 10.2 Å². The van der Waals surface area contributed by atoms with Crippen LogP contribution < -0.4 is 0 Å². The quantitative estimate of drug-likeness (QED) is 0.619. The molecular weight excluding hydrogens is 168 g/mol. The second kappa shape index (κ2) is 5.21. The van der Waals surface area contributed by atoms with E-state index in [-0.39, 0.29) is 6.23 Å². The lowest BCUT2D eigenvalue weighted by atomic mass is 10.2. The van der Waals surface area contributed by atoms with Gasteiger partial charge in [0, 0.05) is 19.9 Å². The van der Waals surface area contributed by atoms with Crippen molar-refractivity contribution in [3.05, 3.63) is 12.8 Å². The highest BCUT2D eigenvalue weighted by atomic mass is 16.7. The summed E-state index contributed by atoms with van der Waals surface area (Å²) in [7, 11) is 3.46. The summed E-state index contributed by atoms with van der Waals surface area (Å²) in [6, 6.07) is 0. The first-order valence-electron chi connectivity index (χ1n) is 4.60. The Morgan fingerprint density at radius 1 is 1.54 bits per heavy atom. The minimum absolute atomic E-state index is 0.0798. The van der Waals surface area contributed by atoms with Gasteiger partial charge in [0.1, 0.15) is 6.23 Å². The van der Waals surface area contributed by atoms with Crippen LogP contribution in [-0.2, 0) is 9.57 Å². The highest BCUT2D eigenvalue weighted by Crippen LogP contribution is 2.17. The van der Waals surface area contributed by atoms with E-state index in [0.29, 0.717) is 0 Å². The standard InChI is InChI=1S/C9H18N2O2/c1-4-11(10(2)12-3)9-7-5-6-8-13-9/h4,9H,1,5-8H2,2-3H3. The van der Waals surface area contributed by atoms with Gasteiger partial charge in [0.25, 0.3) is 0 Å². The fraction of sp³-hybridized carbons (Fsp3) is 0.778. The van der Waals surface area contributed by atoms with Crippen LogP contribution >= 0.6 is 0 Å². The van der Waals surface area contributed by atoms with Gasteiger partial charge in [-0.15, -0.1) is 5.17 Å². The van der Waals surface area contributed by atoms with E-state index < -0.39 is 0 Å². The third kappa shape index (κ3) is 2.69. The normalized spacial score (nSPS) is 23.2. The van der Waals surface area contributed by atoms with Gasteiger partial charge in [0.15, 0.2) is 0 Å². The third-order valence-corrected chi connectivity index (χ3v) is 2.23. The minimum Gasteiger partial charge on any atom is -0.357 e. The van der Waals surface area contributed by atoms with Crippen LogP contribution in [-0.4, -0.2) is 37.2 Å². The second-order valence-corrected chi connectivity index (χ2v) is 3.03. The molecule has 0 saturated carbocycles. The number of hydrogen-bond acceptors (Lipinski definition) is 4. The zero-order valence-corrected chi connectivity index (χ0v) is 8.40. The highest BCUT2D eigenvalue weighted by molar-refractivity contribution is 4.72. The zero-order valence-electron chi connectivity index (χ0n) is 8.40. The fourth-order valence-electron chi connectivity index (χ4n) is 1.44. The van der Waals surface area contributed by atoms with Gasteiger partial charge in [-0.25, -0.2) is 0 Å². The predicted octanol–water partition coefficient (Wildman–Crippen LogP) is 1.37. The maximum atomic E-state index is 5.59. The molecule has 0 spiro atoms. The maximum Gasteiger partial charge on any atom is 0.145 e. The van der Waals surface area contributed by atoms with Gasteiger partial charge in [0.05, 0.1) is 7.11 Å². The molecule has 1 fully saturated rings. The summed E-state index contributed by atoms with van der Waals surface area (Å²) in [5.41, 5.74) is 0. The molecule has 1 atom stereocenters. The Bertz CT molecular complexity index is 158. The Morgan fingerprint density at radius 2 is 2.31 bits per heavy atom. The molecule has 4 heteroatoms. The average Bonchev–Trinajstić information content (AvgIpc) is 2.20. The van der Waals surface area contributed by atoms with Crippen molar-refractivity contribution < 1.29 is 9.57 Å².